The first kappa shape index (κ1) is 29.1. The quantitative estimate of drug-likeness (QED) is 0.259. The van der Waals surface area contributed by atoms with Crippen LogP contribution in [-0.4, -0.2) is 64.5 Å². The van der Waals surface area contributed by atoms with Gasteiger partial charge in [0.1, 0.15) is 23.9 Å². The highest BCUT2D eigenvalue weighted by Gasteiger charge is 2.28. The number of hydrogen-bond donors (Lipinski definition) is 6. The maximum absolute atomic E-state index is 13.3. The second kappa shape index (κ2) is 13.9. The number of nitrogens with two attached hydrogens (primary N) is 1. The zero-order valence-corrected chi connectivity index (χ0v) is 23.0. The average molecular weight is 562 g/mol. The topological polar surface area (TPSA) is 185 Å². The fourth-order valence-electron chi connectivity index (χ4n) is 4.23. The van der Waals surface area contributed by atoms with Gasteiger partial charge in [0.15, 0.2) is 0 Å². The Morgan fingerprint density at radius 1 is 0.951 bits per heavy atom. The minimum Gasteiger partial charge on any atom is -0.497 e. The van der Waals surface area contributed by atoms with Gasteiger partial charge in [-0.25, -0.2) is 0 Å². The van der Waals surface area contributed by atoms with Crippen LogP contribution >= 0.6 is 0 Å². The third-order valence-electron chi connectivity index (χ3n) is 6.50. The molecule has 0 aliphatic carbocycles. The van der Waals surface area contributed by atoms with E-state index in [1.807, 2.05) is 42.5 Å². The Morgan fingerprint density at radius 2 is 1.68 bits per heavy atom. The van der Waals surface area contributed by atoms with Crippen LogP contribution in [0.2, 0.25) is 0 Å². The minimum absolute atomic E-state index is 0.172. The first-order valence-corrected chi connectivity index (χ1v) is 13.4. The van der Waals surface area contributed by atoms with Gasteiger partial charge in [-0.05, 0) is 56.0 Å². The van der Waals surface area contributed by atoms with Crippen molar-refractivity contribution in [2.24, 2.45) is 5.73 Å². The van der Waals surface area contributed by atoms with E-state index in [0.717, 1.165) is 11.3 Å². The van der Waals surface area contributed by atoms with Crippen molar-refractivity contribution in [1.29, 1.82) is 0 Å². The van der Waals surface area contributed by atoms with Crippen LogP contribution in [0.15, 0.2) is 54.6 Å². The molecule has 0 saturated heterocycles. The Hall–Kier alpha value is -4.94. The van der Waals surface area contributed by atoms with Crippen LogP contribution in [0.4, 0.5) is 23.5 Å². The van der Waals surface area contributed by atoms with E-state index in [0.29, 0.717) is 37.5 Å². The van der Waals surface area contributed by atoms with Crippen molar-refractivity contribution < 1.29 is 19.1 Å². The molecule has 2 aromatic carbocycles. The molecule has 0 unspecified atom stereocenters. The lowest BCUT2D eigenvalue weighted by atomic mass is 10.0. The fraction of sp³-hybridized carbons (Fsp3) is 0.357. The molecule has 0 saturated carbocycles. The molecule has 1 aromatic heterocycles. The zero-order chi connectivity index (χ0) is 29.2. The molecule has 216 valence electrons. The van der Waals surface area contributed by atoms with E-state index in [9.17, 15) is 14.4 Å². The highest BCUT2D eigenvalue weighted by Crippen LogP contribution is 2.20. The van der Waals surface area contributed by atoms with Gasteiger partial charge in [0.25, 0.3) is 0 Å². The number of rotatable bonds is 6. The van der Waals surface area contributed by atoms with Gasteiger partial charge in [-0.3, -0.25) is 14.4 Å². The average Bonchev–Trinajstić information content (AvgIpc) is 2.96. The molecule has 41 heavy (non-hydrogen) atoms. The lowest BCUT2D eigenvalue weighted by Crippen LogP contribution is -2.55. The number of methoxy groups -OCH3 is 1. The lowest BCUT2D eigenvalue weighted by Gasteiger charge is -2.24. The van der Waals surface area contributed by atoms with E-state index in [-0.39, 0.29) is 18.3 Å². The molecule has 13 nitrogen and oxygen atoms in total. The van der Waals surface area contributed by atoms with Crippen LogP contribution in [0.5, 0.6) is 5.75 Å². The van der Waals surface area contributed by atoms with Gasteiger partial charge in [0, 0.05) is 18.7 Å². The summed E-state index contributed by atoms with van der Waals surface area (Å²) in [5, 5.41) is 14.8. The molecular formula is C28H35N9O4. The number of benzene rings is 2. The summed E-state index contributed by atoms with van der Waals surface area (Å²) in [5.41, 5.74) is 7.17. The Kier molecular flexibility index (Phi) is 9.86. The summed E-state index contributed by atoms with van der Waals surface area (Å²) < 4.78 is 5.21. The van der Waals surface area contributed by atoms with Crippen LogP contribution in [0, 0.1) is 0 Å². The van der Waals surface area contributed by atoms with Crippen LogP contribution in [-0.2, 0) is 20.8 Å². The van der Waals surface area contributed by atoms with Crippen molar-refractivity contribution in [3.05, 3.63) is 60.2 Å². The van der Waals surface area contributed by atoms with Gasteiger partial charge in [-0.2, -0.15) is 15.0 Å². The van der Waals surface area contributed by atoms with Crippen molar-refractivity contribution >= 4 is 41.3 Å². The normalized spacial score (nSPS) is 20.0. The zero-order valence-electron chi connectivity index (χ0n) is 23.0. The highest BCUT2D eigenvalue weighted by molar-refractivity contribution is 5.93. The Labute approximate surface area is 238 Å². The van der Waals surface area contributed by atoms with E-state index in [4.69, 9.17) is 10.5 Å². The Bertz CT molecular complexity index is 1340. The maximum atomic E-state index is 13.3. The number of ether oxygens (including phenoxy) is 1. The third kappa shape index (κ3) is 8.52. The summed E-state index contributed by atoms with van der Waals surface area (Å²) in [6.45, 7) is 2.13. The van der Waals surface area contributed by atoms with E-state index in [1.165, 1.54) is 0 Å². The van der Waals surface area contributed by atoms with Crippen molar-refractivity contribution in [2.45, 2.75) is 50.7 Å². The first-order valence-electron chi connectivity index (χ1n) is 13.4. The molecular weight excluding hydrogens is 526 g/mol. The predicted molar refractivity (Wildman–Crippen MR) is 155 cm³/mol. The van der Waals surface area contributed by atoms with Crippen LogP contribution in [0.25, 0.3) is 0 Å². The van der Waals surface area contributed by atoms with Gasteiger partial charge in [-0.15, -0.1) is 0 Å². The molecule has 0 spiro atoms. The third-order valence-corrected chi connectivity index (χ3v) is 6.50. The molecule has 2 bridgehead atoms. The van der Waals surface area contributed by atoms with E-state index in [2.05, 4.69) is 41.5 Å². The maximum Gasteiger partial charge on any atom is 0.243 e. The van der Waals surface area contributed by atoms with E-state index in [1.54, 1.807) is 26.2 Å². The summed E-state index contributed by atoms with van der Waals surface area (Å²) in [7, 11) is 1.59. The molecule has 13 heteroatoms. The van der Waals surface area contributed by atoms with Crippen LogP contribution in [0.3, 0.4) is 0 Å². The molecule has 1 aliphatic rings. The largest absolute Gasteiger partial charge is 0.497 e. The number of carbonyl (C=O) groups is 3. The minimum atomic E-state index is -0.938. The monoisotopic (exact) mass is 561 g/mol. The Balaban J connectivity index is 1.59. The van der Waals surface area contributed by atoms with Crippen molar-refractivity contribution in [3.8, 4) is 5.75 Å². The Morgan fingerprint density at radius 3 is 2.39 bits per heavy atom. The van der Waals surface area contributed by atoms with Crippen LogP contribution < -0.4 is 37.1 Å². The molecule has 1 aliphatic heterocycles. The molecule has 0 radical (unpaired) electrons. The number of carbonyl (C=O) groups excluding carboxylic acids is 3. The predicted octanol–water partition coefficient (Wildman–Crippen LogP) is 1.72. The van der Waals surface area contributed by atoms with Crippen molar-refractivity contribution in [3.63, 3.8) is 0 Å². The fourth-order valence-corrected chi connectivity index (χ4v) is 4.23. The molecule has 0 fully saturated rings. The summed E-state index contributed by atoms with van der Waals surface area (Å²) in [6, 6.07) is 13.9. The summed E-state index contributed by atoms with van der Waals surface area (Å²) in [4.78, 5) is 51.9. The number of aromatic nitrogens is 3. The number of primary amides is 1. The van der Waals surface area contributed by atoms with Crippen LogP contribution in [0.1, 0.15) is 31.7 Å². The van der Waals surface area contributed by atoms with Gasteiger partial charge in [-0.1, -0.05) is 30.3 Å². The second-order valence-electron chi connectivity index (χ2n) is 9.66. The highest BCUT2D eigenvalue weighted by atomic mass is 16.5. The lowest BCUT2D eigenvalue weighted by molar-refractivity contribution is -0.131. The summed E-state index contributed by atoms with van der Waals surface area (Å²) in [6.07, 6.45) is 1.84. The van der Waals surface area contributed by atoms with E-state index >= 15 is 0 Å². The number of hydrogen-bond acceptors (Lipinski definition) is 10. The number of amides is 3. The van der Waals surface area contributed by atoms with Gasteiger partial charge in [0.05, 0.1) is 7.11 Å². The van der Waals surface area contributed by atoms with Gasteiger partial charge in [0.2, 0.25) is 35.6 Å². The van der Waals surface area contributed by atoms with Gasteiger partial charge < -0.3 is 37.1 Å². The van der Waals surface area contributed by atoms with Crippen molar-refractivity contribution in [2.75, 3.05) is 29.6 Å². The molecule has 3 aromatic rings. The smallest absolute Gasteiger partial charge is 0.243 e. The molecule has 3 atom stereocenters. The molecule has 2 heterocycles. The summed E-state index contributed by atoms with van der Waals surface area (Å²) >= 11 is 0. The standard InChI is InChI=1S/C28H35N9O4/c1-17-24(39)34-22(16-18-8-4-3-5-9-18)25(40)33-21(23(29)38)10-6-7-15-30-26-35-27(31-17)37-28(36-26)32-19-11-13-20(41-2)14-12-19/h3-5,8-9,11-14,17,21-22H,6-7,10,15-16H2,1-2H3,(H2,29,38)(H,33,40)(H,34,39)(H3,30,31,32,35,36,37)/t17-,21+,22-/m0/s1. The molecule has 4 rings (SSSR count). The summed E-state index contributed by atoms with van der Waals surface area (Å²) in [5.74, 6) is -0.129. The molecule has 7 N–H and O–H groups in total. The number of nitrogens with zero attached hydrogens (tertiary/aromatic N) is 3. The van der Waals surface area contributed by atoms with Crippen molar-refractivity contribution in [1.82, 2.24) is 25.6 Å². The van der Waals surface area contributed by atoms with E-state index < -0.39 is 35.8 Å². The number of fused-ring (bicyclic) bond motifs is 2. The number of anilines is 4. The number of nitrogens with one attached hydrogen (secondary N) is 5. The SMILES string of the molecule is COc1ccc(Nc2nc3nc(n2)N[C@@H](C)C(=O)N[C@@H](Cc2ccccc2)C(=O)N[C@@H](C(N)=O)CCCCN3)cc1. The first-order chi connectivity index (χ1) is 19.8. The van der Waals surface area contributed by atoms with Gasteiger partial charge >= 0.3 is 0 Å². The second-order valence-corrected chi connectivity index (χ2v) is 9.66. The molecule has 3 amide bonds.